The van der Waals surface area contributed by atoms with Crippen LogP contribution in [0.3, 0.4) is 0 Å². The normalized spacial score (nSPS) is 14.6. The summed E-state index contributed by atoms with van der Waals surface area (Å²) in [7, 11) is 0. The van der Waals surface area contributed by atoms with E-state index in [0.29, 0.717) is 36.0 Å². The van der Waals surface area contributed by atoms with E-state index >= 15 is 0 Å². The molecule has 4 rings (SSSR count). The summed E-state index contributed by atoms with van der Waals surface area (Å²) < 4.78 is 11.1. The highest BCUT2D eigenvalue weighted by atomic mass is 16.4. The Labute approximate surface area is 147 Å². The molecule has 0 atom stereocenters. The third kappa shape index (κ3) is 3.82. The molecule has 5 heteroatoms. The Hall–Kier alpha value is -2.40. The SMILES string of the molecule is CC(C)c1ccc(CN(Cc2nnc(-c3ccco3)o2)C2CC2)cc1. The van der Waals surface area contributed by atoms with Crippen LogP contribution < -0.4 is 0 Å². The molecular formula is C20H23N3O2. The smallest absolute Gasteiger partial charge is 0.283 e. The van der Waals surface area contributed by atoms with Crippen molar-refractivity contribution >= 4 is 0 Å². The maximum atomic E-state index is 5.77. The van der Waals surface area contributed by atoms with Crippen molar-refractivity contribution in [3.8, 4) is 11.7 Å². The molecule has 1 aliphatic rings. The molecule has 5 nitrogen and oxygen atoms in total. The monoisotopic (exact) mass is 337 g/mol. The zero-order valence-electron chi connectivity index (χ0n) is 14.7. The summed E-state index contributed by atoms with van der Waals surface area (Å²) in [5, 5.41) is 8.28. The number of rotatable bonds is 7. The Morgan fingerprint density at radius 2 is 1.88 bits per heavy atom. The molecule has 1 saturated carbocycles. The molecule has 0 amide bonds. The molecule has 0 aliphatic heterocycles. The summed E-state index contributed by atoms with van der Waals surface area (Å²) >= 11 is 0. The van der Waals surface area contributed by atoms with Gasteiger partial charge in [-0.3, -0.25) is 4.90 Å². The van der Waals surface area contributed by atoms with Crippen LogP contribution >= 0.6 is 0 Å². The number of benzene rings is 1. The van der Waals surface area contributed by atoms with Crippen LogP contribution in [0.5, 0.6) is 0 Å². The first kappa shape index (κ1) is 16.1. The van der Waals surface area contributed by atoms with Crippen LogP contribution in [0.25, 0.3) is 11.7 Å². The molecule has 0 spiro atoms. The summed E-state index contributed by atoms with van der Waals surface area (Å²) in [6.07, 6.45) is 4.09. The lowest BCUT2D eigenvalue weighted by atomic mass is 10.0. The van der Waals surface area contributed by atoms with Crippen molar-refractivity contribution in [2.75, 3.05) is 0 Å². The van der Waals surface area contributed by atoms with E-state index in [1.165, 1.54) is 24.0 Å². The molecule has 1 aromatic carbocycles. The molecule has 0 unspecified atom stereocenters. The molecule has 2 heterocycles. The van der Waals surface area contributed by atoms with Gasteiger partial charge in [0.05, 0.1) is 12.8 Å². The Kier molecular flexibility index (Phi) is 4.40. The second kappa shape index (κ2) is 6.84. The van der Waals surface area contributed by atoms with E-state index in [-0.39, 0.29) is 0 Å². The highest BCUT2D eigenvalue weighted by Crippen LogP contribution is 2.30. The van der Waals surface area contributed by atoms with Gasteiger partial charge in [-0.1, -0.05) is 38.1 Å². The molecule has 0 radical (unpaired) electrons. The molecular weight excluding hydrogens is 314 g/mol. The number of aromatic nitrogens is 2. The summed E-state index contributed by atoms with van der Waals surface area (Å²) in [5.41, 5.74) is 2.70. The van der Waals surface area contributed by atoms with Gasteiger partial charge in [0.15, 0.2) is 5.76 Å². The first-order chi connectivity index (χ1) is 12.2. The fraction of sp³-hybridized carbons (Fsp3) is 0.400. The van der Waals surface area contributed by atoms with Crippen molar-refractivity contribution in [3.05, 3.63) is 59.7 Å². The number of hydrogen-bond donors (Lipinski definition) is 0. The van der Waals surface area contributed by atoms with Crippen LogP contribution in [0.1, 0.15) is 49.6 Å². The van der Waals surface area contributed by atoms with E-state index in [0.717, 1.165) is 6.54 Å². The van der Waals surface area contributed by atoms with E-state index in [1.54, 1.807) is 6.26 Å². The minimum atomic E-state index is 0.442. The van der Waals surface area contributed by atoms with Gasteiger partial charge in [-0.05, 0) is 42.0 Å². The molecule has 25 heavy (non-hydrogen) atoms. The van der Waals surface area contributed by atoms with Crippen LogP contribution in [0.4, 0.5) is 0 Å². The third-order valence-electron chi connectivity index (χ3n) is 4.63. The van der Waals surface area contributed by atoms with Crippen LogP contribution in [-0.2, 0) is 13.1 Å². The van der Waals surface area contributed by atoms with Crippen LogP contribution in [0, 0.1) is 0 Å². The van der Waals surface area contributed by atoms with Gasteiger partial charge in [0.25, 0.3) is 5.89 Å². The summed E-state index contributed by atoms with van der Waals surface area (Å²) in [4.78, 5) is 2.42. The lowest BCUT2D eigenvalue weighted by molar-refractivity contribution is 0.221. The number of furan rings is 1. The van der Waals surface area contributed by atoms with E-state index in [9.17, 15) is 0 Å². The minimum Gasteiger partial charge on any atom is -0.459 e. The Morgan fingerprint density at radius 3 is 2.52 bits per heavy atom. The van der Waals surface area contributed by atoms with E-state index < -0.39 is 0 Å². The predicted molar refractivity (Wildman–Crippen MR) is 94.8 cm³/mol. The van der Waals surface area contributed by atoms with E-state index in [2.05, 4.69) is 53.2 Å². The number of nitrogens with zero attached hydrogens (tertiary/aromatic N) is 3. The summed E-state index contributed by atoms with van der Waals surface area (Å²) in [6, 6.07) is 13.2. The topological polar surface area (TPSA) is 55.3 Å². The zero-order valence-corrected chi connectivity index (χ0v) is 14.7. The van der Waals surface area contributed by atoms with Crippen molar-refractivity contribution in [2.45, 2.75) is 51.7 Å². The summed E-state index contributed by atoms with van der Waals surface area (Å²) in [5.74, 6) is 2.25. The van der Waals surface area contributed by atoms with Crippen LogP contribution in [-0.4, -0.2) is 21.1 Å². The molecule has 130 valence electrons. The van der Waals surface area contributed by atoms with Gasteiger partial charge < -0.3 is 8.83 Å². The average Bonchev–Trinajstić information content (AvgIpc) is 3.11. The van der Waals surface area contributed by atoms with Gasteiger partial charge in [0, 0.05) is 12.6 Å². The molecule has 0 saturated heterocycles. The highest BCUT2D eigenvalue weighted by Gasteiger charge is 2.30. The highest BCUT2D eigenvalue weighted by molar-refractivity contribution is 5.42. The van der Waals surface area contributed by atoms with Crippen molar-refractivity contribution in [1.29, 1.82) is 0 Å². The Morgan fingerprint density at radius 1 is 1.08 bits per heavy atom. The Balaban J connectivity index is 1.45. The maximum absolute atomic E-state index is 5.77. The first-order valence-electron chi connectivity index (χ1n) is 8.88. The quantitative estimate of drug-likeness (QED) is 0.630. The standard InChI is InChI=1S/C20H23N3O2/c1-14(2)16-7-5-15(6-8-16)12-23(17-9-10-17)13-19-21-22-20(25-19)18-4-3-11-24-18/h3-8,11,14,17H,9-10,12-13H2,1-2H3. The molecule has 2 aromatic heterocycles. The van der Waals surface area contributed by atoms with Crippen molar-refractivity contribution < 1.29 is 8.83 Å². The third-order valence-corrected chi connectivity index (χ3v) is 4.63. The van der Waals surface area contributed by atoms with Gasteiger partial charge in [-0.15, -0.1) is 10.2 Å². The molecule has 0 N–H and O–H groups in total. The molecule has 0 bridgehead atoms. The second-order valence-corrected chi connectivity index (χ2v) is 7.01. The maximum Gasteiger partial charge on any atom is 0.283 e. The van der Waals surface area contributed by atoms with Gasteiger partial charge in [-0.2, -0.15) is 0 Å². The fourth-order valence-electron chi connectivity index (χ4n) is 2.99. The largest absolute Gasteiger partial charge is 0.459 e. The van der Waals surface area contributed by atoms with Crippen LogP contribution in [0.2, 0.25) is 0 Å². The lowest BCUT2D eigenvalue weighted by Crippen LogP contribution is -2.25. The van der Waals surface area contributed by atoms with Crippen LogP contribution in [0.15, 0.2) is 51.5 Å². The van der Waals surface area contributed by atoms with E-state index in [1.807, 2.05) is 12.1 Å². The zero-order chi connectivity index (χ0) is 17.2. The minimum absolute atomic E-state index is 0.442. The fourth-order valence-corrected chi connectivity index (χ4v) is 2.99. The van der Waals surface area contributed by atoms with Gasteiger partial charge >= 0.3 is 0 Å². The summed E-state index contributed by atoms with van der Waals surface area (Å²) in [6.45, 7) is 6.02. The van der Waals surface area contributed by atoms with Crippen molar-refractivity contribution in [3.63, 3.8) is 0 Å². The average molecular weight is 337 g/mol. The molecule has 3 aromatic rings. The van der Waals surface area contributed by atoms with E-state index in [4.69, 9.17) is 8.83 Å². The second-order valence-electron chi connectivity index (χ2n) is 7.01. The van der Waals surface area contributed by atoms with Gasteiger partial charge in [0.2, 0.25) is 5.89 Å². The number of hydrogen-bond acceptors (Lipinski definition) is 5. The van der Waals surface area contributed by atoms with Gasteiger partial charge in [0.1, 0.15) is 0 Å². The first-order valence-corrected chi connectivity index (χ1v) is 8.88. The Bertz CT molecular complexity index is 802. The van der Waals surface area contributed by atoms with Crippen molar-refractivity contribution in [2.24, 2.45) is 0 Å². The van der Waals surface area contributed by atoms with Crippen molar-refractivity contribution in [1.82, 2.24) is 15.1 Å². The molecule has 1 fully saturated rings. The molecule has 1 aliphatic carbocycles. The lowest BCUT2D eigenvalue weighted by Gasteiger charge is -2.20. The predicted octanol–water partition coefficient (Wildman–Crippen LogP) is 4.62. The van der Waals surface area contributed by atoms with Gasteiger partial charge in [-0.25, -0.2) is 0 Å².